The van der Waals surface area contributed by atoms with Crippen molar-refractivity contribution in [3.8, 4) is 0 Å². The Balaban J connectivity index is 0. The number of aliphatic imine (C=N–C) groups is 1. The van der Waals surface area contributed by atoms with Gasteiger partial charge in [-0.1, -0.05) is 73.6 Å². The van der Waals surface area contributed by atoms with Crippen molar-refractivity contribution in [2.75, 3.05) is 13.7 Å². The number of benzene rings is 1. The van der Waals surface area contributed by atoms with E-state index in [1.54, 1.807) is 24.4 Å². The van der Waals surface area contributed by atoms with Gasteiger partial charge in [-0.15, -0.1) is 0 Å². The average molecular weight is 366 g/mol. The lowest BCUT2D eigenvalue weighted by Crippen LogP contribution is -2.28. The molecule has 0 saturated heterocycles. The fourth-order valence-electron chi connectivity index (χ4n) is 2.47. The molecule has 0 aromatic heterocycles. The maximum atomic E-state index is 11.2. The van der Waals surface area contributed by atoms with Crippen molar-refractivity contribution in [3.05, 3.63) is 35.4 Å². The molecule has 2 N–H and O–H groups in total. The lowest BCUT2D eigenvalue weighted by atomic mass is 9.72. The summed E-state index contributed by atoms with van der Waals surface area (Å²) >= 11 is 0. The number of hydrogen-bond donors (Lipinski definition) is 2. The second-order valence-corrected chi connectivity index (χ2v) is 8.21. The molecular formula is C22H39NO3. The molecule has 4 nitrogen and oxygen atoms in total. The van der Waals surface area contributed by atoms with Crippen molar-refractivity contribution in [1.82, 2.24) is 0 Å². The van der Waals surface area contributed by atoms with Crippen LogP contribution >= 0.6 is 0 Å². The molecule has 1 atom stereocenters. The van der Waals surface area contributed by atoms with E-state index in [9.17, 15) is 9.90 Å². The van der Waals surface area contributed by atoms with Gasteiger partial charge in [0.15, 0.2) is 0 Å². The Morgan fingerprint density at radius 1 is 1.08 bits per heavy atom. The van der Waals surface area contributed by atoms with Crippen molar-refractivity contribution in [2.24, 2.45) is 21.7 Å². The van der Waals surface area contributed by atoms with E-state index in [-0.39, 0.29) is 10.8 Å². The highest BCUT2D eigenvalue weighted by Gasteiger charge is 2.28. The van der Waals surface area contributed by atoms with Crippen LogP contribution in [-0.4, -0.2) is 36.1 Å². The van der Waals surface area contributed by atoms with Gasteiger partial charge in [-0.05, 0) is 29.2 Å². The number of hydrogen-bond acceptors (Lipinski definition) is 3. The molecule has 0 fully saturated rings. The fourth-order valence-corrected chi connectivity index (χ4v) is 2.47. The van der Waals surface area contributed by atoms with E-state index in [0.717, 1.165) is 13.5 Å². The van der Waals surface area contributed by atoms with Gasteiger partial charge < -0.3 is 10.2 Å². The van der Waals surface area contributed by atoms with E-state index >= 15 is 0 Å². The minimum Gasteiger partial charge on any atom is -0.478 e. The van der Waals surface area contributed by atoms with Gasteiger partial charge in [0, 0.05) is 25.4 Å². The van der Waals surface area contributed by atoms with E-state index in [4.69, 9.17) is 5.11 Å². The summed E-state index contributed by atoms with van der Waals surface area (Å²) in [5.74, 6) is -0.454. The zero-order valence-electron chi connectivity index (χ0n) is 18.1. The number of carboxylic acid groups (broad SMARTS) is 1. The van der Waals surface area contributed by atoms with Crippen LogP contribution in [0.4, 0.5) is 0 Å². The smallest absolute Gasteiger partial charge is 0.336 e. The molecule has 150 valence electrons. The first kappa shape index (κ1) is 26.5. The summed E-state index contributed by atoms with van der Waals surface area (Å²) in [6.45, 7) is 18.2. The zero-order chi connectivity index (χ0) is 21.0. The van der Waals surface area contributed by atoms with Crippen LogP contribution in [0.25, 0.3) is 0 Å². The Labute approximate surface area is 160 Å². The summed E-state index contributed by atoms with van der Waals surface area (Å²) in [6, 6.07) is 6.98. The van der Waals surface area contributed by atoms with Gasteiger partial charge in [-0.25, -0.2) is 4.79 Å². The van der Waals surface area contributed by atoms with Crippen LogP contribution in [0.5, 0.6) is 0 Å². The summed E-state index contributed by atoms with van der Waals surface area (Å²) in [7, 11) is 1.00. The van der Waals surface area contributed by atoms with Crippen LogP contribution in [0.2, 0.25) is 0 Å². The first-order chi connectivity index (χ1) is 12.0. The maximum Gasteiger partial charge on any atom is 0.336 e. The molecular weight excluding hydrogens is 326 g/mol. The molecule has 0 radical (unpaired) electrons. The van der Waals surface area contributed by atoms with Crippen LogP contribution < -0.4 is 0 Å². The summed E-state index contributed by atoms with van der Waals surface area (Å²) in [4.78, 5) is 15.8. The highest BCUT2D eigenvalue weighted by atomic mass is 16.4. The average Bonchev–Trinajstić information content (AvgIpc) is 2.56. The molecule has 0 saturated carbocycles. The zero-order valence-corrected chi connectivity index (χ0v) is 18.1. The van der Waals surface area contributed by atoms with E-state index in [0.29, 0.717) is 23.6 Å². The quantitative estimate of drug-likeness (QED) is 0.673. The Morgan fingerprint density at radius 3 is 2.00 bits per heavy atom. The number of rotatable bonds is 5. The number of aliphatic hydroxyl groups is 1. The number of nitrogens with zero attached hydrogens (tertiary/aromatic N) is 1. The van der Waals surface area contributed by atoms with Crippen LogP contribution in [0.3, 0.4) is 0 Å². The van der Waals surface area contributed by atoms with Crippen LogP contribution in [-0.2, 0) is 0 Å². The lowest BCUT2D eigenvalue weighted by molar-refractivity contribution is 0.0696. The lowest BCUT2D eigenvalue weighted by Gasteiger charge is -2.34. The molecule has 0 aliphatic rings. The normalized spacial score (nSPS) is 12.5. The molecule has 0 aliphatic carbocycles. The summed E-state index contributed by atoms with van der Waals surface area (Å²) in [5.41, 5.74) is 1.40. The molecule has 1 aromatic carbocycles. The molecule has 0 aliphatic heterocycles. The molecule has 0 heterocycles. The molecule has 1 aromatic rings. The van der Waals surface area contributed by atoms with Gasteiger partial charge in [0.25, 0.3) is 0 Å². The van der Waals surface area contributed by atoms with Gasteiger partial charge >= 0.3 is 5.97 Å². The van der Waals surface area contributed by atoms with Gasteiger partial charge in [0.05, 0.1) is 5.56 Å². The SMILES string of the molecule is CC.CC(C)(C)CC(CN=Cc1ccccc1C(=O)O)C(C)(C)C.CO. The van der Waals surface area contributed by atoms with Crippen LogP contribution in [0.15, 0.2) is 29.3 Å². The van der Waals surface area contributed by atoms with Crippen molar-refractivity contribution < 1.29 is 15.0 Å². The number of carbonyl (C=O) groups is 1. The van der Waals surface area contributed by atoms with E-state index in [1.165, 1.54) is 0 Å². The molecule has 1 rings (SSSR count). The second-order valence-electron chi connectivity index (χ2n) is 8.21. The van der Waals surface area contributed by atoms with E-state index < -0.39 is 5.97 Å². The van der Waals surface area contributed by atoms with Crippen LogP contribution in [0.1, 0.15) is 77.7 Å². The summed E-state index contributed by atoms with van der Waals surface area (Å²) in [5, 5.41) is 16.2. The molecule has 0 spiro atoms. The second kappa shape index (κ2) is 12.6. The monoisotopic (exact) mass is 365 g/mol. The summed E-state index contributed by atoms with van der Waals surface area (Å²) in [6.07, 6.45) is 2.79. The molecule has 26 heavy (non-hydrogen) atoms. The Bertz CT molecular complexity index is 537. The minimum absolute atomic E-state index is 0.178. The predicted octanol–water partition coefficient (Wildman–Crippen LogP) is 5.54. The molecule has 4 heteroatoms. The highest BCUT2D eigenvalue weighted by molar-refractivity contribution is 5.98. The third-order valence-electron chi connectivity index (χ3n) is 3.83. The number of aromatic carboxylic acids is 1. The van der Waals surface area contributed by atoms with E-state index in [2.05, 4.69) is 46.5 Å². The van der Waals surface area contributed by atoms with Crippen LogP contribution in [0, 0.1) is 16.7 Å². The van der Waals surface area contributed by atoms with Crippen molar-refractivity contribution >= 4 is 12.2 Å². The maximum absolute atomic E-state index is 11.2. The molecule has 1 unspecified atom stereocenters. The van der Waals surface area contributed by atoms with E-state index in [1.807, 2.05) is 19.9 Å². The minimum atomic E-state index is -0.913. The number of aliphatic hydroxyl groups excluding tert-OH is 1. The van der Waals surface area contributed by atoms with Gasteiger partial charge in [0.2, 0.25) is 0 Å². The van der Waals surface area contributed by atoms with Gasteiger partial charge in [0.1, 0.15) is 0 Å². The van der Waals surface area contributed by atoms with Crippen molar-refractivity contribution in [1.29, 1.82) is 0 Å². The first-order valence-electron chi connectivity index (χ1n) is 9.27. The molecule has 0 amide bonds. The Kier molecular flexibility index (Phi) is 12.9. The molecule has 0 bridgehead atoms. The standard InChI is InChI=1S/C19H29NO2.C2H6.CH4O/c1-18(2,3)11-15(19(4,5)6)13-20-12-14-9-7-8-10-16(14)17(21)22;2*1-2/h7-10,12,15H,11,13H2,1-6H3,(H,21,22);1-2H3;2H,1H3. The first-order valence-corrected chi connectivity index (χ1v) is 9.27. The predicted molar refractivity (Wildman–Crippen MR) is 112 cm³/mol. The largest absolute Gasteiger partial charge is 0.478 e. The topological polar surface area (TPSA) is 69.9 Å². The van der Waals surface area contributed by atoms with Gasteiger partial charge in [-0.2, -0.15) is 0 Å². The third kappa shape index (κ3) is 11.0. The fraction of sp³-hybridized carbons (Fsp3) is 0.636. The number of carboxylic acids is 1. The summed E-state index contributed by atoms with van der Waals surface area (Å²) < 4.78 is 0. The van der Waals surface area contributed by atoms with Gasteiger partial charge in [-0.3, -0.25) is 4.99 Å². The van der Waals surface area contributed by atoms with Crippen molar-refractivity contribution in [2.45, 2.75) is 61.8 Å². The van der Waals surface area contributed by atoms with Crippen molar-refractivity contribution in [3.63, 3.8) is 0 Å². The third-order valence-corrected chi connectivity index (χ3v) is 3.83. The Morgan fingerprint density at radius 2 is 1.58 bits per heavy atom. The highest BCUT2D eigenvalue weighted by Crippen LogP contribution is 2.36. The Hall–Kier alpha value is -1.68.